The van der Waals surface area contributed by atoms with E-state index in [2.05, 4.69) is 18.3 Å². The molecule has 0 unspecified atom stereocenters. The molecule has 1 aliphatic heterocycles. The van der Waals surface area contributed by atoms with Crippen LogP contribution in [-0.4, -0.2) is 11.5 Å². The van der Waals surface area contributed by atoms with Gasteiger partial charge in [0.15, 0.2) is 11.5 Å². The first-order chi connectivity index (χ1) is 10.4. The maximum absolute atomic E-state index is 12.6. The summed E-state index contributed by atoms with van der Waals surface area (Å²) in [7, 11) is 0. The summed E-state index contributed by atoms with van der Waals surface area (Å²) >= 11 is 0. The standard InChI is InChI=1S/C19H25NO2/c1-13-9-10-18-15(11-13)16(20-19(2,3)22-18)12-17(21)14-7-5-4-6-8-14/h9-12,14,20H,4-8H2,1-3H3/b16-12-. The van der Waals surface area contributed by atoms with Crippen molar-refractivity contribution in [3.8, 4) is 5.75 Å². The van der Waals surface area contributed by atoms with Gasteiger partial charge in [0.05, 0.1) is 5.70 Å². The quantitative estimate of drug-likeness (QED) is 0.832. The molecule has 0 saturated heterocycles. The molecule has 1 fully saturated rings. The van der Waals surface area contributed by atoms with Crippen molar-refractivity contribution in [1.29, 1.82) is 0 Å². The van der Waals surface area contributed by atoms with E-state index < -0.39 is 5.72 Å². The van der Waals surface area contributed by atoms with Crippen molar-refractivity contribution >= 4 is 11.5 Å². The lowest BCUT2D eigenvalue weighted by Crippen LogP contribution is -2.46. The van der Waals surface area contributed by atoms with E-state index >= 15 is 0 Å². The number of nitrogens with one attached hydrogen (secondary N) is 1. The Morgan fingerprint density at radius 3 is 2.73 bits per heavy atom. The number of ether oxygens (including phenoxy) is 1. The van der Waals surface area contributed by atoms with Crippen LogP contribution in [0.15, 0.2) is 24.3 Å². The number of aryl methyl sites for hydroxylation is 1. The van der Waals surface area contributed by atoms with Gasteiger partial charge in [-0.3, -0.25) is 4.79 Å². The maximum Gasteiger partial charge on any atom is 0.175 e. The molecule has 1 heterocycles. The zero-order valence-corrected chi connectivity index (χ0v) is 13.7. The van der Waals surface area contributed by atoms with Crippen LogP contribution in [0.2, 0.25) is 0 Å². The normalized spacial score (nSPS) is 22.6. The van der Waals surface area contributed by atoms with Crippen molar-refractivity contribution in [3.63, 3.8) is 0 Å². The van der Waals surface area contributed by atoms with Gasteiger partial charge in [-0.25, -0.2) is 0 Å². The Labute approximate surface area is 132 Å². The van der Waals surface area contributed by atoms with Gasteiger partial charge >= 0.3 is 0 Å². The molecule has 3 heteroatoms. The van der Waals surface area contributed by atoms with E-state index in [9.17, 15) is 4.79 Å². The van der Waals surface area contributed by atoms with Gasteiger partial charge in [-0.1, -0.05) is 30.9 Å². The van der Waals surface area contributed by atoms with Crippen LogP contribution in [0.3, 0.4) is 0 Å². The highest BCUT2D eigenvalue weighted by Crippen LogP contribution is 2.35. The van der Waals surface area contributed by atoms with Crippen LogP contribution in [0.4, 0.5) is 0 Å². The lowest BCUT2D eigenvalue weighted by molar-refractivity contribution is -0.119. The molecule has 0 amide bonds. The molecule has 118 valence electrons. The molecule has 0 bridgehead atoms. The highest BCUT2D eigenvalue weighted by atomic mass is 16.5. The van der Waals surface area contributed by atoms with E-state index in [0.717, 1.165) is 29.9 Å². The van der Waals surface area contributed by atoms with Gasteiger partial charge in [0.1, 0.15) is 5.75 Å². The Bertz CT molecular complexity index is 610. The summed E-state index contributed by atoms with van der Waals surface area (Å²) in [4.78, 5) is 12.6. The molecule has 3 nitrogen and oxygen atoms in total. The molecule has 1 aromatic rings. The van der Waals surface area contributed by atoms with Crippen molar-refractivity contribution < 1.29 is 9.53 Å². The smallest absolute Gasteiger partial charge is 0.175 e. The fraction of sp³-hybridized carbons (Fsp3) is 0.526. The number of ketones is 1. The number of carbonyl (C=O) groups is 1. The molecule has 0 radical (unpaired) electrons. The van der Waals surface area contributed by atoms with Crippen molar-refractivity contribution in [3.05, 3.63) is 35.4 Å². The van der Waals surface area contributed by atoms with Gasteiger partial charge in [0, 0.05) is 17.6 Å². The van der Waals surface area contributed by atoms with Crippen LogP contribution in [0, 0.1) is 12.8 Å². The molecule has 0 spiro atoms. The van der Waals surface area contributed by atoms with E-state index in [4.69, 9.17) is 4.74 Å². The Hall–Kier alpha value is -1.77. The summed E-state index contributed by atoms with van der Waals surface area (Å²) in [5.41, 5.74) is 2.55. The number of allylic oxidation sites excluding steroid dienone is 1. The summed E-state index contributed by atoms with van der Waals surface area (Å²) in [5.74, 6) is 1.30. The van der Waals surface area contributed by atoms with Gasteiger partial charge < -0.3 is 10.1 Å². The van der Waals surface area contributed by atoms with Crippen LogP contribution in [0.25, 0.3) is 5.70 Å². The first-order valence-electron chi connectivity index (χ1n) is 8.28. The molecule has 22 heavy (non-hydrogen) atoms. The minimum atomic E-state index is -0.499. The average Bonchev–Trinajstić information content (AvgIpc) is 2.48. The lowest BCUT2D eigenvalue weighted by atomic mass is 9.85. The van der Waals surface area contributed by atoms with Gasteiger partial charge in [0.25, 0.3) is 0 Å². The van der Waals surface area contributed by atoms with Crippen molar-refractivity contribution in [1.82, 2.24) is 5.32 Å². The minimum absolute atomic E-state index is 0.197. The summed E-state index contributed by atoms with van der Waals surface area (Å²) in [6.07, 6.45) is 7.49. The third kappa shape index (κ3) is 3.18. The van der Waals surface area contributed by atoms with Crippen molar-refractivity contribution in [2.24, 2.45) is 5.92 Å². The Morgan fingerprint density at radius 2 is 2.00 bits per heavy atom. The molecular weight excluding hydrogens is 274 g/mol. The summed E-state index contributed by atoms with van der Waals surface area (Å²) in [6.45, 7) is 6.02. The van der Waals surface area contributed by atoms with E-state index in [-0.39, 0.29) is 11.7 Å². The van der Waals surface area contributed by atoms with Crippen LogP contribution >= 0.6 is 0 Å². The first kappa shape index (κ1) is 15.1. The van der Waals surface area contributed by atoms with Crippen molar-refractivity contribution in [2.75, 3.05) is 0 Å². The fourth-order valence-electron chi connectivity index (χ4n) is 3.40. The van der Waals surface area contributed by atoms with Gasteiger partial charge in [-0.15, -0.1) is 0 Å². The Kier molecular flexibility index (Phi) is 3.98. The molecule has 2 aliphatic rings. The van der Waals surface area contributed by atoms with Crippen molar-refractivity contribution in [2.45, 2.75) is 58.6 Å². The van der Waals surface area contributed by atoms with Crippen LogP contribution in [0.1, 0.15) is 57.1 Å². The van der Waals surface area contributed by atoms with Crippen LogP contribution in [0.5, 0.6) is 5.75 Å². The number of benzene rings is 1. The molecule has 1 saturated carbocycles. The van der Waals surface area contributed by atoms with Gasteiger partial charge in [0.2, 0.25) is 0 Å². The molecule has 0 aromatic heterocycles. The Morgan fingerprint density at radius 1 is 1.27 bits per heavy atom. The maximum atomic E-state index is 12.6. The number of fused-ring (bicyclic) bond motifs is 1. The molecular formula is C19H25NO2. The fourth-order valence-corrected chi connectivity index (χ4v) is 3.40. The van der Waals surface area contributed by atoms with E-state index in [1.807, 2.05) is 26.0 Å². The third-order valence-corrected chi connectivity index (χ3v) is 4.52. The third-order valence-electron chi connectivity index (χ3n) is 4.52. The molecule has 1 aliphatic carbocycles. The molecule has 1 aromatic carbocycles. The average molecular weight is 299 g/mol. The second kappa shape index (κ2) is 5.79. The topological polar surface area (TPSA) is 38.3 Å². The molecule has 3 rings (SSSR count). The largest absolute Gasteiger partial charge is 0.468 e. The first-order valence-corrected chi connectivity index (χ1v) is 8.28. The van der Waals surface area contributed by atoms with E-state index in [1.54, 1.807) is 6.08 Å². The second-order valence-corrected chi connectivity index (χ2v) is 7.03. The van der Waals surface area contributed by atoms with E-state index in [1.165, 1.54) is 24.8 Å². The number of rotatable bonds is 2. The molecule has 0 atom stereocenters. The predicted molar refractivity (Wildman–Crippen MR) is 88.6 cm³/mol. The SMILES string of the molecule is Cc1ccc2c(c1)/C(=C/C(=O)C1CCCCC1)NC(C)(C)O2. The minimum Gasteiger partial charge on any atom is -0.468 e. The number of carbonyl (C=O) groups excluding carboxylic acids is 1. The predicted octanol–water partition coefficient (Wildman–Crippen LogP) is 4.20. The van der Waals surface area contributed by atoms with Gasteiger partial charge in [-0.05, 0) is 45.7 Å². The van der Waals surface area contributed by atoms with Gasteiger partial charge in [-0.2, -0.15) is 0 Å². The van der Waals surface area contributed by atoms with E-state index in [0.29, 0.717) is 0 Å². The highest BCUT2D eigenvalue weighted by molar-refractivity contribution is 5.98. The lowest BCUT2D eigenvalue weighted by Gasteiger charge is -2.36. The number of hydrogen-bond donors (Lipinski definition) is 1. The Balaban J connectivity index is 1.93. The molecule has 1 N–H and O–H groups in total. The monoisotopic (exact) mass is 299 g/mol. The second-order valence-electron chi connectivity index (χ2n) is 7.03. The zero-order valence-electron chi connectivity index (χ0n) is 13.7. The highest BCUT2D eigenvalue weighted by Gasteiger charge is 2.30. The summed E-state index contributed by atoms with van der Waals surface area (Å²) in [5, 5.41) is 3.36. The van der Waals surface area contributed by atoms with Crippen LogP contribution in [-0.2, 0) is 4.79 Å². The van der Waals surface area contributed by atoms with Crippen LogP contribution < -0.4 is 10.1 Å². The summed E-state index contributed by atoms with van der Waals surface area (Å²) < 4.78 is 5.97. The summed E-state index contributed by atoms with van der Waals surface area (Å²) in [6, 6.07) is 6.12. The number of hydrogen-bond acceptors (Lipinski definition) is 3. The zero-order chi connectivity index (χ0) is 15.7.